The molecule has 0 aliphatic heterocycles. The van der Waals surface area contributed by atoms with Crippen LogP contribution in [0.4, 0.5) is 10.7 Å². The molecule has 4 nitrogen and oxygen atoms in total. The van der Waals surface area contributed by atoms with Gasteiger partial charge < -0.3 is 9.73 Å². The van der Waals surface area contributed by atoms with Gasteiger partial charge in [-0.25, -0.2) is 4.79 Å². The molecule has 11 heavy (non-hydrogen) atoms. The molecular formula is C7H10N2O2. The summed E-state index contributed by atoms with van der Waals surface area (Å²) in [5.74, 6) is 0.455. The van der Waals surface area contributed by atoms with Crippen molar-refractivity contribution in [2.75, 3.05) is 11.9 Å². The number of nitrogens with one attached hydrogen (secondary N) is 2. The molecule has 1 heterocycles. The Bertz CT molecular complexity index is 218. The number of amides is 2. The second kappa shape index (κ2) is 3.65. The Morgan fingerprint density at radius 1 is 1.73 bits per heavy atom. The molecule has 60 valence electrons. The maximum absolute atomic E-state index is 10.8. The lowest BCUT2D eigenvalue weighted by Gasteiger charge is -2.00. The van der Waals surface area contributed by atoms with Crippen LogP contribution in [-0.4, -0.2) is 12.6 Å². The van der Waals surface area contributed by atoms with Crippen LogP contribution < -0.4 is 10.6 Å². The summed E-state index contributed by atoms with van der Waals surface area (Å²) in [5.41, 5.74) is 0. The van der Waals surface area contributed by atoms with Crippen LogP contribution in [0.2, 0.25) is 0 Å². The van der Waals surface area contributed by atoms with Crippen molar-refractivity contribution < 1.29 is 9.21 Å². The summed E-state index contributed by atoms with van der Waals surface area (Å²) >= 11 is 0. The highest BCUT2D eigenvalue weighted by Gasteiger charge is 1.99. The van der Waals surface area contributed by atoms with Gasteiger partial charge in [-0.3, -0.25) is 5.32 Å². The van der Waals surface area contributed by atoms with Crippen molar-refractivity contribution in [3.63, 3.8) is 0 Å². The molecule has 1 rings (SSSR count). The highest BCUT2D eigenvalue weighted by atomic mass is 16.3. The molecule has 0 atom stereocenters. The van der Waals surface area contributed by atoms with Crippen LogP contribution in [0.3, 0.4) is 0 Å². The van der Waals surface area contributed by atoms with E-state index in [0.717, 1.165) is 0 Å². The summed E-state index contributed by atoms with van der Waals surface area (Å²) in [4.78, 5) is 10.8. The number of urea groups is 1. The minimum absolute atomic E-state index is 0.248. The molecule has 0 saturated carbocycles. The van der Waals surface area contributed by atoms with Gasteiger partial charge in [0.05, 0.1) is 6.26 Å². The average molecular weight is 154 g/mol. The molecule has 1 aromatic heterocycles. The van der Waals surface area contributed by atoms with Crippen molar-refractivity contribution in [2.45, 2.75) is 6.92 Å². The van der Waals surface area contributed by atoms with Gasteiger partial charge in [-0.1, -0.05) is 0 Å². The fourth-order valence-electron chi connectivity index (χ4n) is 0.666. The SMILES string of the molecule is CCNC(=O)Nc1ccco1. The first-order valence-corrected chi connectivity index (χ1v) is 3.41. The summed E-state index contributed by atoms with van der Waals surface area (Å²) in [7, 11) is 0. The molecule has 4 heteroatoms. The zero-order chi connectivity index (χ0) is 8.10. The van der Waals surface area contributed by atoms with E-state index in [-0.39, 0.29) is 6.03 Å². The number of carbonyl (C=O) groups is 1. The van der Waals surface area contributed by atoms with Crippen LogP contribution in [0.5, 0.6) is 0 Å². The van der Waals surface area contributed by atoms with Gasteiger partial charge in [-0.2, -0.15) is 0 Å². The summed E-state index contributed by atoms with van der Waals surface area (Å²) in [5, 5.41) is 5.08. The van der Waals surface area contributed by atoms with Crippen molar-refractivity contribution in [2.24, 2.45) is 0 Å². The van der Waals surface area contributed by atoms with E-state index in [1.54, 1.807) is 12.1 Å². The molecule has 0 radical (unpaired) electrons. The first kappa shape index (κ1) is 7.65. The summed E-state index contributed by atoms with van der Waals surface area (Å²) in [6, 6.07) is 3.14. The normalized spacial score (nSPS) is 9.18. The lowest BCUT2D eigenvalue weighted by atomic mass is 10.6. The second-order valence-corrected chi connectivity index (χ2v) is 1.96. The lowest BCUT2D eigenvalue weighted by Crippen LogP contribution is -2.27. The third-order valence-electron chi connectivity index (χ3n) is 1.10. The standard InChI is InChI=1S/C7H10N2O2/c1-2-8-7(10)9-6-4-3-5-11-6/h3-5H,2H2,1H3,(H2,8,9,10). The summed E-state index contributed by atoms with van der Waals surface area (Å²) in [6.45, 7) is 2.45. The monoisotopic (exact) mass is 154 g/mol. The molecule has 0 bridgehead atoms. The van der Waals surface area contributed by atoms with Crippen LogP contribution in [-0.2, 0) is 0 Å². The molecule has 0 spiro atoms. The molecule has 1 aromatic rings. The maximum atomic E-state index is 10.8. The van der Waals surface area contributed by atoms with E-state index in [4.69, 9.17) is 4.42 Å². The number of hydrogen-bond donors (Lipinski definition) is 2. The van der Waals surface area contributed by atoms with Crippen LogP contribution in [0, 0.1) is 0 Å². The van der Waals surface area contributed by atoms with Crippen molar-refractivity contribution in [1.82, 2.24) is 5.32 Å². The second-order valence-electron chi connectivity index (χ2n) is 1.96. The fraction of sp³-hybridized carbons (Fsp3) is 0.286. The quantitative estimate of drug-likeness (QED) is 0.676. The first-order chi connectivity index (χ1) is 5.33. The largest absolute Gasteiger partial charge is 0.449 e. The van der Waals surface area contributed by atoms with Gasteiger partial charge >= 0.3 is 6.03 Å². The van der Waals surface area contributed by atoms with Gasteiger partial charge in [0.1, 0.15) is 0 Å². The highest BCUT2D eigenvalue weighted by molar-refractivity contribution is 5.87. The average Bonchev–Trinajstić information content (AvgIpc) is 2.40. The minimum atomic E-state index is -0.248. The Balaban J connectivity index is 2.37. The number of hydrogen-bond acceptors (Lipinski definition) is 2. The Kier molecular flexibility index (Phi) is 2.54. The van der Waals surface area contributed by atoms with E-state index in [1.807, 2.05) is 6.92 Å². The third-order valence-corrected chi connectivity index (χ3v) is 1.10. The van der Waals surface area contributed by atoms with E-state index in [2.05, 4.69) is 10.6 Å². The number of anilines is 1. The molecule has 0 aromatic carbocycles. The fourth-order valence-corrected chi connectivity index (χ4v) is 0.666. The van der Waals surface area contributed by atoms with E-state index < -0.39 is 0 Å². The van der Waals surface area contributed by atoms with E-state index in [0.29, 0.717) is 12.4 Å². The van der Waals surface area contributed by atoms with Crippen LogP contribution in [0.1, 0.15) is 6.92 Å². The minimum Gasteiger partial charge on any atom is -0.449 e. The lowest BCUT2D eigenvalue weighted by molar-refractivity contribution is 0.252. The maximum Gasteiger partial charge on any atom is 0.321 e. The van der Waals surface area contributed by atoms with Gasteiger partial charge in [0.15, 0.2) is 0 Å². The molecule has 2 amide bonds. The molecule has 0 aliphatic carbocycles. The van der Waals surface area contributed by atoms with E-state index in [9.17, 15) is 4.79 Å². The van der Waals surface area contributed by atoms with Crippen LogP contribution in [0.25, 0.3) is 0 Å². The molecule has 0 saturated heterocycles. The molecule has 0 unspecified atom stereocenters. The first-order valence-electron chi connectivity index (χ1n) is 3.41. The van der Waals surface area contributed by atoms with Crippen LogP contribution in [0.15, 0.2) is 22.8 Å². The van der Waals surface area contributed by atoms with Gasteiger partial charge in [-0.15, -0.1) is 0 Å². The van der Waals surface area contributed by atoms with Gasteiger partial charge in [0, 0.05) is 12.6 Å². The van der Waals surface area contributed by atoms with Crippen molar-refractivity contribution in [3.05, 3.63) is 18.4 Å². The topological polar surface area (TPSA) is 54.3 Å². The molecule has 0 aliphatic rings. The van der Waals surface area contributed by atoms with Gasteiger partial charge in [0.25, 0.3) is 0 Å². The third kappa shape index (κ3) is 2.33. The highest BCUT2D eigenvalue weighted by Crippen LogP contribution is 2.05. The summed E-state index contributed by atoms with van der Waals surface area (Å²) < 4.78 is 4.88. The predicted molar refractivity (Wildman–Crippen MR) is 41.4 cm³/mol. The number of carbonyl (C=O) groups excluding carboxylic acids is 1. The zero-order valence-corrected chi connectivity index (χ0v) is 6.26. The predicted octanol–water partition coefficient (Wildman–Crippen LogP) is 1.42. The van der Waals surface area contributed by atoms with Crippen molar-refractivity contribution in [1.29, 1.82) is 0 Å². The van der Waals surface area contributed by atoms with Crippen molar-refractivity contribution >= 4 is 11.9 Å². The number of furan rings is 1. The Hall–Kier alpha value is -1.45. The summed E-state index contributed by atoms with van der Waals surface area (Å²) in [6.07, 6.45) is 1.50. The Morgan fingerprint density at radius 3 is 3.09 bits per heavy atom. The van der Waals surface area contributed by atoms with Crippen LogP contribution >= 0.6 is 0 Å². The Labute approximate surface area is 64.6 Å². The molecule has 2 N–H and O–H groups in total. The van der Waals surface area contributed by atoms with E-state index in [1.165, 1.54) is 6.26 Å². The van der Waals surface area contributed by atoms with Crippen molar-refractivity contribution in [3.8, 4) is 0 Å². The molecule has 0 fully saturated rings. The number of rotatable bonds is 2. The van der Waals surface area contributed by atoms with Gasteiger partial charge in [-0.05, 0) is 13.0 Å². The zero-order valence-electron chi connectivity index (χ0n) is 6.26. The Morgan fingerprint density at radius 2 is 2.55 bits per heavy atom. The molecular weight excluding hydrogens is 144 g/mol. The van der Waals surface area contributed by atoms with E-state index >= 15 is 0 Å². The smallest absolute Gasteiger partial charge is 0.321 e. The van der Waals surface area contributed by atoms with Gasteiger partial charge in [0.2, 0.25) is 5.88 Å².